The van der Waals surface area contributed by atoms with Crippen LogP contribution in [-0.2, 0) is 6.42 Å². The topological polar surface area (TPSA) is 51.8 Å². The van der Waals surface area contributed by atoms with Crippen molar-refractivity contribution in [3.63, 3.8) is 0 Å². The van der Waals surface area contributed by atoms with E-state index in [1.54, 1.807) is 6.20 Å². The lowest BCUT2D eigenvalue weighted by molar-refractivity contribution is 0.946. The molecule has 0 spiro atoms. The Bertz CT molecular complexity index is 494. The van der Waals surface area contributed by atoms with Gasteiger partial charge in [0.25, 0.3) is 0 Å². The fourth-order valence-corrected chi connectivity index (χ4v) is 1.58. The third-order valence-corrected chi connectivity index (χ3v) is 2.59. The molecule has 16 heavy (non-hydrogen) atoms. The molecule has 0 fully saturated rings. The van der Waals surface area contributed by atoms with Crippen molar-refractivity contribution in [2.24, 2.45) is 0 Å². The second-order valence-corrected chi connectivity index (χ2v) is 3.88. The fourth-order valence-electron chi connectivity index (χ4n) is 1.46. The molecule has 0 aliphatic rings. The molecular formula is C12H12ClN3. The minimum absolute atomic E-state index is 0.508. The van der Waals surface area contributed by atoms with Crippen molar-refractivity contribution >= 4 is 17.4 Å². The van der Waals surface area contributed by atoms with Crippen LogP contribution >= 0.6 is 11.6 Å². The number of hydrogen-bond donors (Lipinski definition) is 1. The summed E-state index contributed by atoms with van der Waals surface area (Å²) in [6.45, 7) is 2.00. The van der Waals surface area contributed by atoms with Crippen molar-refractivity contribution in [2.45, 2.75) is 13.3 Å². The molecule has 2 rings (SSSR count). The van der Waals surface area contributed by atoms with E-state index in [1.807, 2.05) is 31.2 Å². The Morgan fingerprint density at radius 1 is 1.25 bits per heavy atom. The zero-order valence-corrected chi connectivity index (χ0v) is 9.70. The van der Waals surface area contributed by atoms with Gasteiger partial charge in [-0.3, -0.25) is 0 Å². The van der Waals surface area contributed by atoms with E-state index in [4.69, 9.17) is 17.3 Å². The van der Waals surface area contributed by atoms with Gasteiger partial charge in [-0.1, -0.05) is 30.7 Å². The summed E-state index contributed by atoms with van der Waals surface area (Å²) in [5.74, 6) is 1.27. The van der Waals surface area contributed by atoms with Gasteiger partial charge in [-0.15, -0.1) is 0 Å². The maximum atomic E-state index is 5.88. The highest BCUT2D eigenvalue weighted by Gasteiger charge is 2.05. The lowest BCUT2D eigenvalue weighted by Gasteiger charge is -2.05. The first kappa shape index (κ1) is 10.9. The van der Waals surface area contributed by atoms with E-state index in [9.17, 15) is 0 Å². The number of anilines is 1. The zero-order chi connectivity index (χ0) is 11.5. The van der Waals surface area contributed by atoms with E-state index in [0.717, 1.165) is 23.4 Å². The van der Waals surface area contributed by atoms with Crippen molar-refractivity contribution in [2.75, 3.05) is 5.73 Å². The minimum atomic E-state index is 0.508. The summed E-state index contributed by atoms with van der Waals surface area (Å²) < 4.78 is 0. The fraction of sp³-hybridized carbons (Fsp3) is 0.167. The first-order valence-corrected chi connectivity index (χ1v) is 5.46. The molecule has 0 unspecified atom stereocenters. The van der Waals surface area contributed by atoms with Crippen LogP contribution in [0.2, 0.25) is 5.02 Å². The second kappa shape index (κ2) is 4.49. The Labute approximate surface area is 99.3 Å². The lowest BCUT2D eigenvalue weighted by atomic mass is 10.1. The summed E-state index contributed by atoms with van der Waals surface area (Å²) in [4.78, 5) is 8.46. The van der Waals surface area contributed by atoms with Crippen molar-refractivity contribution in [1.82, 2.24) is 9.97 Å². The average molecular weight is 234 g/mol. The molecule has 2 aromatic rings. The number of aryl methyl sites for hydroxylation is 1. The van der Waals surface area contributed by atoms with Crippen molar-refractivity contribution in [1.29, 1.82) is 0 Å². The summed E-state index contributed by atoms with van der Waals surface area (Å²) in [5.41, 5.74) is 7.70. The number of nitrogens with zero attached hydrogens (tertiary/aromatic N) is 2. The van der Waals surface area contributed by atoms with Gasteiger partial charge in [0.2, 0.25) is 0 Å². The molecule has 0 aliphatic heterocycles. The van der Waals surface area contributed by atoms with Crippen LogP contribution < -0.4 is 5.73 Å². The number of hydrogen-bond acceptors (Lipinski definition) is 3. The predicted molar refractivity (Wildman–Crippen MR) is 66.3 cm³/mol. The highest BCUT2D eigenvalue weighted by molar-refractivity contribution is 6.30. The predicted octanol–water partition coefficient (Wildman–Crippen LogP) is 2.94. The van der Waals surface area contributed by atoms with Crippen LogP contribution in [0.4, 0.5) is 5.82 Å². The van der Waals surface area contributed by atoms with Crippen LogP contribution in [0.25, 0.3) is 11.1 Å². The van der Waals surface area contributed by atoms with E-state index in [-0.39, 0.29) is 0 Å². The van der Waals surface area contributed by atoms with Gasteiger partial charge in [0.15, 0.2) is 0 Å². The molecule has 0 atom stereocenters. The molecule has 82 valence electrons. The summed E-state index contributed by atoms with van der Waals surface area (Å²) in [6, 6.07) is 7.46. The molecule has 4 heteroatoms. The summed E-state index contributed by atoms with van der Waals surface area (Å²) in [5, 5.41) is 0.702. The third-order valence-electron chi connectivity index (χ3n) is 2.34. The number of benzene rings is 1. The molecule has 0 bridgehead atoms. The van der Waals surface area contributed by atoms with Crippen LogP contribution in [0, 0.1) is 0 Å². The first-order valence-electron chi connectivity index (χ1n) is 5.08. The maximum absolute atomic E-state index is 5.88. The van der Waals surface area contributed by atoms with Crippen LogP contribution in [0.3, 0.4) is 0 Å². The molecule has 1 heterocycles. The summed E-state index contributed by atoms with van der Waals surface area (Å²) in [6.07, 6.45) is 2.54. The largest absolute Gasteiger partial charge is 0.383 e. The molecule has 0 radical (unpaired) electrons. The monoisotopic (exact) mass is 233 g/mol. The lowest BCUT2D eigenvalue weighted by Crippen LogP contribution is -2.00. The molecule has 3 nitrogen and oxygen atoms in total. The molecule has 0 aliphatic carbocycles. The standard InChI is InChI=1S/C12H12ClN3/c1-2-11-15-7-10(12(14)16-11)8-3-5-9(13)6-4-8/h3-7H,2H2,1H3,(H2,14,15,16). The Morgan fingerprint density at radius 2 is 1.94 bits per heavy atom. The number of halogens is 1. The smallest absolute Gasteiger partial charge is 0.135 e. The van der Waals surface area contributed by atoms with E-state index < -0.39 is 0 Å². The van der Waals surface area contributed by atoms with Crippen LogP contribution in [-0.4, -0.2) is 9.97 Å². The van der Waals surface area contributed by atoms with E-state index in [0.29, 0.717) is 10.8 Å². The van der Waals surface area contributed by atoms with Gasteiger partial charge in [-0.05, 0) is 17.7 Å². The van der Waals surface area contributed by atoms with Gasteiger partial charge in [-0.2, -0.15) is 0 Å². The maximum Gasteiger partial charge on any atom is 0.135 e. The first-order chi connectivity index (χ1) is 7.70. The van der Waals surface area contributed by atoms with Crippen molar-refractivity contribution < 1.29 is 0 Å². The summed E-state index contributed by atoms with van der Waals surface area (Å²) in [7, 11) is 0. The molecule has 0 amide bonds. The van der Waals surface area contributed by atoms with Crippen LogP contribution in [0.15, 0.2) is 30.5 Å². The zero-order valence-electron chi connectivity index (χ0n) is 8.94. The SMILES string of the molecule is CCc1ncc(-c2ccc(Cl)cc2)c(N)n1. The molecular weight excluding hydrogens is 222 g/mol. The van der Waals surface area contributed by atoms with Gasteiger partial charge >= 0.3 is 0 Å². The van der Waals surface area contributed by atoms with Gasteiger partial charge in [0.05, 0.1) is 0 Å². The second-order valence-electron chi connectivity index (χ2n) is 3.45. The van der Waals surface area contributed by atoms with Gasteiger partial charge < -0.3 is 5.73 Å². The normalized spacial score (nSPS) is 10.4. The van der Waals surface area contributed by atoms with Crippen molar-refractivity contribution in [3.8, 4) is 11.1 Å². The Balaban J connectivity index is 2.44. The number of nitrogens with two attached hydrogens (primary N) is 1. The highest BCUT2D eigenvalue weighted by Crippen LogP contribution is 2.24. The third kappa shape index (κ3) is 2.14. The summed E-state index contributed by atoms with van der Waals surface area (Å²) >= 11 is 5.82. The Kier molecular flexibility index (Phi) is 3.06. The minimum Gasteiger partial charge on any atom is -0.383 e. The number of aromatic nitrogens is 2. The van der Waals surface area contributed by atoms with Gasteiger partial charge in [0, 0.05) is 23.2 Å². The van der Waals surface area contributed by atoms with Crippen LogP contribution in [0.1, 0.15) is 12.7 Å². The van der Waals surface area contributed by atoms with Gasteiger partial charge in [0.1, 0.15) is 11.6 Å². The molecule has 2 N–H and O–H groups in total. The molecule has 0 saturated heterocycles. The number of rotatable bonds is 2. The van der Waals surface area contributed by atoms with E-state index in [1.165, 1.54) is 0 Å². The highest BCUT2D eigenvalue weighted by atomic mass is 35.5. The Hall–Kier alpha value is -1.61. The molecule has 1 aromatic carbocycles. The quantitative estimate of drug-likeness (QED) is 0.868. The van der Waals surface area contributed by atoms with E-state index >= 15 is 0 Å². The van der Waals surface area contributed by atoms with Crippen LogP contribution in [0.5, 0.6) is 0 Å². The van der Waals surface area contributed by atoms with Crippen molar-refractivity contribution in [3.05, 3.63) is 41.3 Å². The molecule has 1 aromatic heterocycles. The average Bonchev–Trinajstić information content (AvgIpc) is 2.30. The molecule has 0 saturated carbocycles. The number of nitrogen functional groups attached to an aromatic ring is 1. The Morgan fingerprint density at radius 3 is 2.50 bits per heavy atom. The van der Waals surface area contributed by atoms with E-state index in [2.05, 4.69) is 9.97 Å². The van der Waals surface area contributed by atoms with Gasteiger partial charge in [-0.25, -0.2) is 9.97 Å².